The molecular weight excluding hydrogens is 400 g/mol. The predicted molar refractivity (Wildman–Crippen MR) is 105 cm³/mol. The molecule has 5 nitrogen and oxygen atoms in total. The van der Waals surface area contributed by atoms with Gasteiger partial charge in [-0.3, -0.25) is 14.8 Å². The molecule has 1 saturated heterocycles. The molecule has 7 heteroatoms. The summed E-state index contributed by atoms with van der Waals surface area (Å²) in [6.45, 7) is 0. The van der Waals surface area contributed by atoms with Gasteiger partial charge in [-0.1, -0.05) is 28.1 Å². The molecule has 1 aliphatic rings. The number of amidine groups is 1. The van der Waals surface area contributed by atoms with Crippen LogP contribution in [0.3, 0.4) is 0 Å². The van der Waals surface area contributed by atoms with Gasteiger partial charge in [0.2, 0.25) is 0 Å². The summed E-state index contributed by atoms with van der Waals surface area (Å²) in [7, 11) is 0. The first-order valence-corrected chi connectivity index (χ1v) is 9.05. The Bertz CT molecular complexity index is 1030. The topological polar surface area (TPSA) is 67.2 Å². The van der Waals surface area contributed by atoms with E-state index >= 15 is 0 Å². The summed E-state index contributed by atoms with van der Waals surface area (Å²) in [6, 6.07) is 13.4. The molecule has 1 fully saturated rings. The second kappa shape index (κ2) is 6.78. The number of rotatable bonds is 2. The number of aromatic nitrogens is 2. The van der Waals surface area contributed by atoms with Crippen LogP contribution in [0, 0.1) is 0 Å². The van der Waals surface area contributed by atoms with Gasteiger partial charge < -0.3 is 5.32 Å². The number of para-hydroxylation sites is 1. The third kappa shape index (κ3) is 3.47. The fourth-order valence-electron chi connectivity index (χ4n) is 2.43. The van der Waals surface area contributed by atoms with Gasteiger partial charge in [-0.05, 0) is 48.2 Å². The van der Waals surface area contributed by atoms with Crippen molar-refractivity contribution < 1.29 is 4.79 Å². The van der Waals surface area contributed by atoms with Gasteiger partial charge in [0.05, 0.1) is 21.6 Å². The van der Waals surface area contributed by atoms with Crippen LogP contribution in [-0.2, 0) is 0 Å². The number of nitrogens with one attached hydrogen (secondary N) is 1. The van der Waals surface area contributed by atoms with E-state index in [2.05, 4.69) is 36.2 Å². The van der Waals surface area contributed by atoms with Gasteiger partial charge in [0.1, 0.15) is 5.84 Å². The van der Waals surface area contributed by atoms with Crippen LogP contribution < -0.4 is 5.32 Å². The number of carbonyl (C=O) groups is 1. The number of fused-ring (bicyclic) bond motifs is 1. The first-order valence-electron chi connectivity index (χ1n) is 7.44. The Morgan fingerprint density at radius 2 is 1.88 bits per heavy atom. The number of carbonyl (C=O) groups excluding carboxylic acids is 1. The molecule has 0 atom stereocenters. The van der Waals surface area contributed by atoms with E-state index in [1.807, 2.05) is 48.5 Å². The van der Waals surface area contributed by atoms with Gasteiger partial charge in [0.15, 0.2) is 0 Å². The maximum atomic E-state index is 11.9. The van der Waals surface area contributed by atoms with Crippen LogP contribution in [0.5, 0.6) is 0 Å². The van der Waals surface area contributed by atoms with Crippen molar-refractivity contribution in [3.8, 4) is 0 Å². The number of benzene rings is 2. The van der Waals surface area contributed by atoms with Crippen LogP contribution in [0.25, 0.3) is 17.1 Å². The number of thioether (sulfide) groups is 1. The van der Waals surface area contributed by atoms with Gasteiger partial charge in [-0.25, -0.2) is 4.99 Å². The van der Waals surface area contributed by atoms with Crippen molar-refractivity contribution in [2.24, 2.45) is 4.99 Å². The molecule has 0 saturated carbocycles. The molecule has 1 aromatic heterocycles. The third-order valence-corrected chi connectivity index (χ3v) is 4.89. The van der Waals surface area contributed by atoms with E-state index in [1.165, 1.54) is 0 Å². The summed E-state index contributed by atoms with van der Waals surface area (Å²) in [4.78, 5) is 25.9. The first-order chi connectivity index (χ1) is 12.2. The van der Waals surface area contributed by atoms with E-state index in [1.54, 1.807) is 12.4 Å². The van der Waals surface area contributed by atoms with Crippen molar-refractivity contribution in [1.82, 2.24) is 15.3 Å². The Morgan fingerprint density at radius 3 is 2.72 bits per heavy atom. The van der Waals surface area contributed by atoms with E-state index in [0.717, 1.165) is 43.4 Å². The largest absolute Gasteiger partial charge is 0.300 e. The fraction of sp³-hybridized carbons (Fsp3) is 0. The maximum absolute atomic E-state index is 11.9. The molecular formula is C18H11BrN4OS. The number of amides is 1. The van der Waals surface area contributed by atoms with Crippen LogP contribution in [0.4, 0.5) is 10.5 Å². The molecule has 2 aromatic carbocycles. The Hall–Kier alpha value is -2.51. The number of hydrogen-bond donors (Lipinski definition) is 1. The van der Waals surface area contributed by atoms with Crippen LogP contribution >= 0.6 is 27.7 Å². The number of aliphatic imine (C=N–C) groups is 1. The average Bonchev–Trinajstić information content (AvgIpc) is 2.96. The molecule has 0 spiro atoms. The van der Waals surface area contributed by atoms with Gasteiger partial charge in [0, 0.05) is 22.4 Å². The van der Waals surface area contributed by atoms with Crippen molar-refractivity contribution in [2.45, 2.75) is 0 Å². The molecule has 122 valence electrons. The summed E-state index contributed by atoms with van der Waals surface area (Å²) in [5.41, 5.74) is 3.27. The third-order valence-electron chi connectivity index (χ3n) is 3.54. The molecule has 4 rings (SSSR count). The Balaban J connectivity index is 1.77. The highest BCUT2D eigenvalue weighted by Crippen LogP contribution is 2.30. The van der Waals surface area contributed by atoms with Crippen LogP contribution in [0.15, 0.2) is 69.2 Å². The summed E-state index contributed by atoms with van der Waals surface area (Å²) >= 11 is 4.52. The standard InChI is InChI=1S/C18H11BrN4OS/c19-12-4-6-13(7-5-12)22-17-15(25-18(24)23-17)10-11-2-1-3-14-16(11)21-9-8-20-14/h1-10H,(H,22,23,24)/b15-10-. The smallest absolute Gasteiger partial charge is 0.289 e. The minimum absolute atomic E-state index is 0.145. The summed E-state index contributed by atoms with van der Waals surface area (Å²) in [5, 5.41) is 2.65. The fourth-order valence-corrected chi connectivity index (χ4v) is 3.42. The normalized spacial score (nSPS) is 17.4. The second-order valence-electron chi connectivity index (χ2n) is 5.23. The average molecular weight is 411 g/mol. The second-order valence-corrected chi connectivity index (χ2v) is 7.16. The zero-order valence-corrected chi connectivity index (χ0v) is 15.2. The van der Waals surface area contributed by atoms with E-state index in [4.69, 9.17) is 0 Å². The summed E-state index contributed by atoms with van der Waals surface area (Å²) in [5.74, 6) is 0.540. The zero-order valence-electron chi connectivity index (χ0n) is 12.8. The molecule has 1 aliphatic heterocycles. The van der Waals surface area contributed by atoms with Crippen LogP contribution in [0.2, 0.25) is 0 Å². The number of halogens is 1. The van der Waals surface area contributed by atoms with Crippen molar-refractivity contribution in [1.29, 1.82) is 0 Å². The lowest BCUT2D eigenvalue weighted by Crippen LogP contribution is -2.18. The number of hydrogen-bond acceptors (Lipinski definition) is 5. The minimum Gasteiger partial charge on any atom is -0.300 e. The molecule has 2 heterocycles. The molecule has 0 radical (unpaired) electrons. The lowest BCUT2D eigenvalue weighted by atomic mass is 10.1. The van der Waals surface area contributed by atoms with E-state index in [-0.39, 0.29) is 5.24 Å². The quantitative estimate of drug-likeness (QED) is 0.650. The first kappa shape index (κ1) is 16.0. The molecule has 25 heavy (non-hydrogen) atoms. The maximum Gasteiger partial charge on any atom is 0.289 e. The Kier molecular flexibility index (Phi) is 4.33. The minimum atomic E-state index is -0.145. The van der Waals surface area contributed by atoms with Crippen LogP contribution in [-0.4, -0.2) is 21.0 Å². The molecule has 0 bridgehead atoms. The molecule has 0 aliphatic carbocycles. The van der Waals surface area contributed by atoms with Crippen molar-refractivity contribution in [3.63, 3.8) is 0 Å². The zero-order chi connectivity index (χ0) is 17.2. The highest BCUT2D eigenvalue weighted by Gasteiger charge is 2.23. The van der Waals surface area contributed by atoms with Gasteiger partial charge in [0.25, 0.3) is 5.24 Å². The van der Waals surface area contributed by atoms with Crippen LogP contribution in [0.1, 0.15) is 5.56 Å². The van der Waals surface area contributed by atoms with Crippen molar-refractivity contribution in [2.75, 3.05) is 0 Å². The molecule has 1 N–H and O–H groups in total. The number of nitrogens with zero attached hydrogens (tertiary/aromatic N) is 3. The summed E-state index contributed by atoms with van der Waals surface area (Å²) in [6.07, 6.45) is 5.23. The highest BCUT2D eigenvalue weighted by atomic mass is 79.9. The lowest BCUT2D eigenvalue weighted by Gasteiger charge is -2.03. The van der Waals surface area contributed by atoms with E-state index < -0.39 is 0 Å². The van der Waals surface area contributed by atoms with E-state index in [0.29, 0.717) is 5.84 Å². The van der Waals surface area contributed by atoms with Crippen molar-refractivity contribution >= 4 is 61.6 Å². The SMILES string of the molecule is O=C1NC(=Nc2ccc(Br)cc2)/C(=C/c2cccc3nccnc23)S1. The Morgan fingerprint density at radius 1 is 1.08 bits per heavy atom. The van der Waals surface area contributed by atoms with E-state index in [9.17, 15) is 4.79 Å². The van der Waals surface area contributed by atoms with Gasteiger partial charge in [-0.2, -0.15) is 0 Å². The van der Waals surface area contributed by atoms with Crippen molar-refractivity contribution in [3.05, 3.63) is 69.8 Å². The molecule has 3 aromatic rings. The lowest BCUT2D eigenvalue weighted by molar-refractivity contribution is 0.265. The molecule has 0 unspecified atom stereocenters. The highest BCUT2D eigenvalue weighted by molar-refractivity contribution is 9.10. The Labute approximate surface area is 156 Å². The predicted octanol–water partition coefficient (Wildman–Crippen LogP) is 4.92. The van der Waals surface area contributed by atoms with Gasteiger partial charge >= 0.3 is 0 Å². The molecule has 1 amide bonds. The monoisotopic (exact) mass is 410 g/mol. The van der Waals surface area contributed by atoms with Gasteiger partial charge in [-0.15, -0.1) is 0 Å². The summed E-state index contributed by atoms with van der Waals surface area (Å²) < 4.78 is 0.978.